The second kappa shape index (κ2) is 11.7. The molecule has 1 saturated heterocycles. The third kappa shape index (κ3) is 5.57. The molecule has 4 aromatic rings. The van der Waals surface area contributed by atoms with Crippen molar-refractivity contribution in [1.82, 2.24) is 4.98 Å². The molecule has 1 aliphatic heterocycles. The topological polar surface area (TPSA) is 89.0 Å². The van der Waals surface area contributed by atoms with Crippen molar-refractivity contribution in [3.63, 3.8) is 0 Å². The molecule has 1 aliphatic rings. The molecule has 0 radical (unpaired) electrons. The average molecular weight is 571 g/mol. The predicted molar refractivity (Wildman–Crippen MR) is 163 cm³/mol. The third-order valence-corrected chi connectivity index (χ3v) is 8.05. The molecule has 212 valence electrons. The van der Waals surface area contributed by atoms with Gasteiger partial charge in [-0.2, -0.15) is 0 Å². The number of Topliss-reactive ketones (excluding diaryl/α,β-unsaturated/α-hetero) is 1. The first-order chi connectivity index (χ1) is 19.7. The molecule has 0 spiro atoms. The number of carbonyl (C=O) groups excluding carboxylic acids is 2. The maximum atomic E-state index is 13.7. The Kier molecular flexibility index (Phi) is 8.13. The van der Waals surface area contributed by atoms with Crippen molar-refractivity contribution < 1.29 is 24.2 Å². The van der Waals surface area contributed by atoms with E-state index in [1.807, 2.05) is 45.0 Å². The Balaban J connectivity index is 1.68. The number of amides is 1. The van der Waals surface area contributed by atoms with Crippen LogP contribution in [0.3, 0.4) is 0 Å². The number of thiazole rings is 1. The number of fused-ring (bicyclic) bond motifs is 1. The number of ether oxygens (including phenoxy) is 2. The monoisotopic (exact) mass is 570 g/mol. The zero-order valence-electron chi connectivity index (χ0n) is 23.9. The highest BCUT2D eigenvalue weighted by molar-refractivity contribution is 7.22. The van der Waals surface area contributed by atoms with E-state index in [1.165, 1.54) is 16.2 Å². The lowest BCUT2D eigenvalue weighted by atomic mass is 9.95. The van der Waals surface area contributed by atoms with Crippen LogP contribution in [0.15, 0.2) is 66.2 Å². The Bertz CT molecular complexity index is 1640. The van der Waals surface area contributed by atoms with Crippen molar-refractivity contribution in [1.29, 1.82) is 0 Å². The van der Waals surface area contributed by atoms with Gasteiger partial charge in [0.1, 0.15) is 5.76 Å². The molecule has 1 atom stereocenters. The summed E-state index contributed by atoms with van der Waals surface area (Å²) in [7, 11) is 0. The standard InChI is InChI=1S/C33H34N2O5S/c1-6-39-25-18-23(12-13-24(25)40-15-14-19(2)3)29-27(30(36)22-10-8-7-9-11-22)31(37)32(38)35(29)33-34-28-21(5)16-20(4)17-26(28)41-33/h7-13,16-19,29,36H,6,14-15H2,1-5H3. The van der Waals surface area contributed by atoms with Gasteiger partial charge in [0.15, 0.2) is 16.6 Å². The number of carbonyl (C=O) groups is 2. The summed E-state index contributed by atoms with van der Waals surface area (Å²) in [5, 5.41) is 11.8. The Morgan fingerprint density at radius 3 is 2.49 bits per heavy atom. The Morgan fingerprint density at radius 1 is 1.02 bits per heavy atom. The fraction of sp³-hybridized carbons (Fsp3) is 0.303. The highest BCUT2D eigenvalue weighted by Crippen LogP contribution is 2.46. The lowest BCUT2D eigenvalue weighted by Gasteiger charge is -2.24. The largest absolute Gasteiger partial charge is 0.507 e. The minimum absolute atomic E-state index is 0.00397. The maximum absolute atomic E-state index is 13.7. The quantitative estimate of drug-likeness (QED) is 0.128. The van der Waals surface area contributed by atoms with Gasteiger partial charge in [0, 0.05) is 5.56 Å². The minimum Gasteiger partial charge on any atom is -0.507 e. The van der Waals surface area contributed by atoms with E-state index in [2.05, 4.69) is 13.8 Å². The van der Waals surface area contributed by atoms with Crippen molar-refractivity contribution in [2.24, 2.45) is 5.92 Å². The van der Waals surface area contributed by atoms with E-state index in [4.69, 9.17) is 14.5 Å². The number of ketones is 1. The van der Waals surface area contributed by atoms with Gasteiger partial charge in [-0.3, -0.25) is 14.5 Å². The predicted octanol–water partition coefficient (Wildman–Crippen LogP) is 7.36. The van der Waals surface area contributed by atoms with Gasteiger partial charge in [-0.25, -0.2) is 4.98 Å². The Hall–Kier alpha value is -4.17. The van der Waals surface area contributed by atoms with Crippen LogP contribution in [0, 0.1) is 19.8 Å². The van der Waals surface area contributed by atoms with E-state index in [1.54, 1.807) is 36.4 Å². The van der Waals surface area contributed by atoms with E-state index >= 15 is 0 Å². The second-order valence-electron chi connectivity index (χ2n) is 10.6. The minimum atomic E-state index is -0.916. The van der Waals surface area contributed by atoms with Gasteiger partial charge < -0.3 is 14.6 Å². The average Bonchev–Trinajstić information content (AvgIpc) is 3.48. The van der Waals surface area contributed by atoms with Gasteiger partial charge in [-0.1, -0.05) is 67.6 Å². The number of aliphatic hydroxyl groups excluding tert-OH is 1. The normalized spacial score (nSPS) is 16.6. The van der Waals surface area contributed by atoms with E-state index in [9.17, 15) is 14.7 Å². The molecule has 2 heterocycles. The van der Waals surface area contributed by atoms with E-state index in [0.717, 1.165) is 27.8 Å². The maximum Gasteiger partial charge on any atom is 0.301 e. The molecule has 5 rings (SSSR count). The molecule has 1 N–H and O–H groups in total. The van der Waals surface area contributed by atoms with Crippen LogP contribution in [0.2, 0.25) is 0 Å². The fourth-order valence-electron chi connectivity index (χ4n) is 5.05. The lowest BCUT2D eigenvalue weighted by Crippen LogP contribution is -2.29. The summed E-state index contributed by atoms with van der Waals surface area (Å²) in [6, 6.07) is 17.3. The first-order valence-electron chi connectivity index (χ1n) is 13.8. The number of hydrogen-bond acceptors (Lipinski definition) is 7. The molecule has 41 heavy (non-hydrogen) atoms. The van der Waals surface area contributed by atoms with Crippen molar-refractivity contribution in [2.45, 2.75) is 47.1 Å². The fourth-order valence-corrected chi connectivity index (χ4v) is 6.21. The number of aromatic nitrogens is 1. The molecule has 1 amide bonds. The first kappa shape index (κ1) is 28.4. The van der Waals surface area contributed by atoms with Crippen molar-refractivity contribution in [2.75, 3.05) is 18.1 Å². The van der Waals surface area contributed by atoms with Crippen LogP contribution in [0.25, 0.3) is 16.0 Å². The number of anilines is 1. The van der Waals surface area contributed by atoms with Crippen LogP contribution in [0.5, 0.6) is 11.5 Å². The smallest absolute Gasteiger partial charge is 0.301 e. The van der Waals surface area contributed by atoms with E-state index in [-0.39, 0.29) is 11.3 Å². The molecule has 1 unspecified atom stereocenters. The highest BCUT2D eigenvalue weighted by atomic mass is 32.1. The molecule has 0 aliphatic carbocycles. The Labute approximate surface area is 244 Å². The van der Waals surface area contributed by atoms with Crippen LogP contribution in [0.4, 0.5) is 5.13 Å². The lowest BCUT2D eigenvalue weighted by molar-refractivity contribution is -0.132. The zero-order valence-corrected chi connectivity index (χ0v) is 24.7. The summed E-state index contributed by atoms with van der Waals surface area (Å²) >= 11 is 1.35. The van der Waals surface area contributed by atoms with Gasteiger partial charge in [0.25, 0.3) is 5.78 Å². The summed E-state index contributed by atoms with van der Waals surface area (Å²) < 4.78 is 12.9. The van der Waals surface area contributed by atoms with Crippen molar-refractivity contribution >= 4 is 44.1 Å². The summed E-state index contributed by atoms with van der Waals surface area (Å²) in [6.45, 7) is 11.1. The first-order valence-corrected chi connectivity index (χ1v) is 14.6. The number of nitrogens with zero attached hydrogens (tertiary/aromatic N) is 2. The summed E-state index contributed by atoms with van der Waals surface area (Å²) in [6.07, 6.45) is 0.890. The molecule has 0 bridgehead atoms. The van der Waals surface area contributed by atoms with Crippen LogP contribution >= 0.6 is 11.3 Å². The number of aliphatic hydroxyl groups is 1. The second-order valence-corrected chi connectivity index (χ2v) is 11.6. The molecule has 1 aromatic heterocycles. The van der Waals surface area contributed by atoms with Crippen molar-refractivity contribution in [3.8, 4) is 11.5 Å². The van der Waals surface area contributed by atoms with Crippen LogP contribution in [0.1, 0.15) is 55.5 Å². The van der Waals surface area contributed by atoms with Gasteiger partial charge in [0.2, 0.25) is 0 Å². The number of rotatable bonds is 9. The van der Waals surface area contributed by atoms with Gasteiger partial charge in [-0.05, 0) is 68.0 Å². The van der Waals surface area contributed by atoms with Crippen molar-refractivity contribution in [3.05, 3.63) is 88.5 Å². The molecule has 3 aromatic carbocycles. The van der Waals surface area contributed by atoms with E-state index in [0.29, 0.717) is 46.9 Å². The molecular formula is C33H34N2O5S. The number of aryl methyl sites for hydroxylation is 2. The van der Waals surface area contributed by atoms with Gasteiger partial charge >= 0.3 is 5.91 Å². The SMILES string of the molecule is CCOc1cc(C2C(=C(O)c3ccccc3)C(=O)C(=O)N2c2nc3c(C)cc(C)cc3s2)ccc1OCCC(C)C. The molecule has 7 nitrogen and oxygen atoms in total. The molecule has 0 saturated carbocycles. The summed E-state index contributed by atoms with van der Waals surface area (Å²) in [4.78, 5) is 33.5. The van der Waals surface area contributed by atoms with Crippen LogP contribution < -0.4 is 14.4 Å². The van der Waals surface area contributed by atoms with E-state index < -0.39 is 17.7 Å². The molecule has 8 heteroatoms. The third-order valence-electron chi connectivity index (χ3n) is 7.05. The zero-order chi connectivity index (χ0) is 29.3. The summed E-state index contributed by atoms with van der Waals surface area (Å²) in [5.41, 5.74) is 3.91. The highest BCUT2D eigenvalue weighted by Gasteiger charge is 2.48. The van der Waals surface area contributed by atoms with Crippen LogP contribution in [-0.2, 0) is 9.59 Å². The number of hydrogen-bond donors (Lipinski definition) is 1. The van der Waals surface area contributed by atoms with Crippen LogP contribution in [-0.4, -0.2) is 35.0 Å². The molecule has 1 fully saturated rings. The number of benzene rings is 3. The van der Waals surface area contributed by atoms with Gasteiger partial charge in [0.05, 0.1) is 35.0 Å². The van der Waals surface area contributed by atoms with Gasteiger partial charge in [-0.15, -0.1) is 0 Å². The Morgan fingerprint density at radius 2 is 1.78 bits per heavy atom. The summed E-state index contributed by atoms with van der Waals surface area (Å²) in [5.74, 6) is -0.157. The molecular weight excluding hydrogens is 536 g/mol.